The van der Waals surface area contributed by atoms with Crippen molar-refractivity contribution in [1.82, 2.24) is 24.3 Å². The number of rotatable bonds is 3. The topological polar surface area (TPSA) is 132 Å². The van der Waals surface area contributed by atoms with Crippen molar-refractivity contribution in [3.8, 4) is 0 Å². The number of H-pyrrole nitrogens is 1. The molecule has 0 aliphatic rings. The molecule has 0 aliphatic carbocycles. The van der Waals surface area contributed by atoms with E-state index in [9.17, 15) is 18.0 Å². The number of nitrogens with one attached hydrogen (secondary N) is 2. The highest BCUT2D eigenvalue weighted by atomic mass is 32.2. The summed E-state index contributed by atoms with van der Waals surface area (Å²) in [4.78, 5) is 26.3. The van der Waals surface area contributed by atoms with E-state index in [4.69, 9.17) is 0 Å². The second kappa shape index (κ2) is 4.35. The van der Waals surface area contributed by atoms with Gasteiger partial charge in [0.2, 0.25) is 5.95 Å². The zero-order valence-electron chi connectivity index (χ0n) is 9.98. The molecule has 10 nitrogen and oxygen atoms in total. The van der Waals surface area contributed by atoms with Crippen LogP contribution in [0.5, 0.6) is 0 Å². The van der Waals surface area contributed by atoms with Crippen LogP contribution in [0, 0.1) is 0 Å². The fraction of sp³-hybridized carbons (Fsp3) is 0.250. The van der Waals surface area contributed by atoms with Crippen LogP contribution in [-0.2, 0) is 24.1 Å². The molecular formula is C8H10N6O4S. The zero-order valence-corrected chi connectivity index (χ0v) is 10.8. The second-order valence-electron chi connectivity index (χ2n) is 3.69. The van der Waals surface area contributed by atoms with E-state index in [0.29, 0.717) is 4.57 Å². The van der Waals surface area contributed by atoms with Gasteiger partial charge in [-0.15, -0.1) is 0 Å². The van der Waals surface area contributed by atoms with Crippen molar-refractivity contribution in [2.75, 3.05) is 4.72 Å². The van der Waals surface area contributed by atoms with Crippen molar-refractivity contribution < 1.29 is 8.42 Å². The summed E-state index contributed by atoms with van der Waals surface area (Å²) in [6.45, 7) is 0. The van der Waals surface area contributed by atoms with Gasteiger partial charge in [-0.2, -0.15) is 10.1 Å². The molecule has 0 saturated heterocycles. The average Bonchev–Trinajstić information content (AvgIpc) is 2.83. The lowest BCUT2D eigenvalue weighted by atomic mass is 10.6. The zero-order chi connectivity index (χ0) is 14.2. The van der Waals surface area contributed by atoms with E-state index in [-0.39, 0.29) is 5.95 Å². The fourth-order valence-electron chi connectivity index (χ4n) is 1.40. The normalized spacial score (nSPS) is 11.5. The lowest BCUT2D eigenvalue weighted by Gasteiger charge is -2.07. The molecule has 0 aromatic carbocycles. The van der Waals surface area contributed by atoms with Crippen molar-refractivity contribution in [3.63, 3.8) is 0 Å². The van der Waals surface area contributed by atoms with E-state index in [0.717, 1.165) is 17.1 Å². The van der Waals surface area contributed by atoms with Gasteiger partial charge in [-0.3, -0.25) is 9.36 Å². The van der Waals surface area contributed by atoms with E-state index in [1.165, 1.54) is 14.1 Å². The first-order valence-electron chi connectivity index (χ1n) is 4.98. The monoisotopic (exact) mass is 286 g/mol. The molecule has 102 valence electrons. The Bertz CT molecular complexity index is 816. The molecule has 0 aliphatic heterocycles. The van der Waals surface area contributed by atoms with Crippen molar-refractivity contribution in [2.45, 2.75) is 4.90 Å². The van der Waals surface area contributed by atoms with Crippen LogP contribution in [0.3, 0.4) is 0 Å². The van der Waals surface area contributed by atoms with Gasteiger partial charge in [0.05, 0.1) is 0 Å². The smallest absolute Gasteiger partial charge is 0.302 e. The Morgan fingerprint density at radius 1 is 1.32 bits per heavy atom. The third-order valence-electron chi connectivity index (χ3n) is 2.35. The molecule has 2 aromatic rings. The van der Waals surface area contributed by atoms with Gasteiger partial charge >= 0.3 is 5.69 Å². The molecule has 0 spiro atoms. The first kappa shape index (κ1) is 13.0. The number of hydrogen-bond acceptors (Lipinski definition) is 6. The summed E-state index contributed by atoms with van der Waals surface area (Å²) < 4.78 is 27.8. The lowest BCUT2D eigenvalue weighted by molar-refractivity contribution is 0.589. The van der Waals surface area contributed by atoms with Gasteiger partial charge in [-0.1, -0.05) is 0 Å². The minimum absolute atomic E-state index is 0.129. The molecular weight excluding hydrogens is 276 g/mol. The predicted molar refractivity (Wildman–Crippen MR) is 64.1 cm³/mol. The van der Waals surface area contributed by atoms with Gasteiger partial charge in [-0.05, 0) is 0 Å². The Morgan fingerprint density at radius 3 is 2.58 bits per heavy atom. The third-order valence-corrected chi connectivity index (χ3v) is 3.67. The van der Waals surface area contributed by atoms with Gasteiger partial charge in [0, 0.05) is 20.3 Å². The van der Waals surface area contributed by atoms with Crippen LogP contribution in [0.4, 0.5) is 5.95 Å². The largest absolute Gasteiger partial charge is 0.330 e. The number of nitrogens with zero attached hydrogens (tertiary/aromatic N) is 4. The highest BCUT2D eigenvalue weighted by molar-refractivity contribution is 7.92. The molecule has 0 atom stereocenters. The van der Waals surface area contributed by atoms with Crippen molar-refractivity contribution in [2.24, 2.45) is 14.1 Å². The molecule has 0 radical (unpaired) electrons. The number of anilines is 1. The SMILES string of the molecule is Cn1cc(S(=O)(=O)Nc2ncn[nH]2)c(=O)n(C)c1=O. The molecule has 11 heteroatoms. The summed E-state index contributed by atoms with van der Waals surface area (Å²) >= 11 is 0. The summed E-state index contributed by atoms with van der Waals surface area (Å²) in [5.41, 5.74) is -1.54. The van der Waals surface area contributed by atoms with Crippen LogP contribution >= 0.6 is 0 Å². The van der Waals surface area contributed by atoms with Crippen LogP contribution in [-0.4, -0.2) is 32.7 Å². The quantitative estimate of drug-likeness (QED) is 0.671. The lowest BCUT2D eigenvalue weighted by Crippen LogP contribution is -2.40. The van der Waals surface area contributed by atoms with E-state index in [2.05, 4.69) is 15.2 Å². The van der Waals surface area contributed by atoms with E-state index in [1.807, 2.05) is 4.72 Å². The Labute approximate surface area is 106 Å². The van der Waals surface area contributed by atoms with Crippen LogP contribution in [0.25, 0.3) is 0 Å². The van der Waals surface area contributed by atoms with Gasteiger partial charge < -0.3 is 4.57 Å². The highest BCUT2D eigenvalue weighted by Crippen LogP contribution is 2.06. The Balaban J connectivity index is 2.59. The van der Waals surface area contributed by atoms with E-state index < -0.39 is 26.2 Å². The van der Waals surface area contributed by atoms with Crippen LogP contribution < -0.4 is 16.0 Å². The number of aryl methyl sites for hydroxylation is 1. The molecule has 2 aromatic heterocycles. The van der Waals surface area contributed by atoms with Crippen LogP contribution in [0.2, 0.25) is 0 Å². The average molecular weight is 286 g/mol. The summed E-state index contributed by atoms with van der Waals surface area (Å²) in [6, 6.07) is 0. The number of aromatic nitrogens is 5. The number of hydrogen-bond donors (Lipinski definition) is 2. The Morgan fingerprint density at radius 2 is 2.00 bits per heavy atom. The first-order chi connectivity index (χ1) is 8.83. The maximum absolute atomic E-state index is 12.0. The molecule has 2 rings (SSSR count). The molecule has 2 heterocycles. The summed E-state index contributed by atoms with van der Waals surface area (Å²) in [5.74, 6) is -0.129. The van der Waals surface area contributed by atoms with Gasteiger partial charge in [-0.25, -0.2) is 23.0 Å². The molecule has 0 amide bonds. The van der Waals surface area contributed by atoms with Crippen LogP contribution in [0.15, 0.2) is 27.0 Å². The predicted octanol–water partition coefficient (Wildman–Crippen LogP) is -2.00. The highest BCUT2D eigenvalue weighted by Gasteiger charge is 2.22. The maximum atomic E-state index is 12.0. The Hall–Kier alpha value is -2.43. The van der Waals surface area contributed by atoms with Gasteiger partial charge in [0.25, 0.3) is 15.6 Å². The molecule has 0 bridgehead atoms. The molecule has 0 saturated carbocycles. The number of aromatic amines is 1. The molecule has 2 N–H and O–H groups in total. The minimum Gasteiger partial charge on any atom is -0.302 e. The standard InChI is InChI=1S/C8H10N6O4S/c1-13-3-5(6(15)14(2)8(13)16)19(17,18)12-7-9-4-10-11-7/h3-4H,1-2H3,(H2,9,10,11,12). The van der Waals surface area contributed by atoms with Gasteiger partial charge in [0.15, 0.2) is 4.90 Å². The molecule has 0 unspecified atom stereocenters. The minimum atomic E-state index is -4.15. The number of sulfonamides is 1. The summed E-state index contributed by atoms with van der Waals surface area (Å²) in [6.07, 6.45) is 2.06. The Kier molecular flexibility index (Phi) is 2.98. The first-order valence-corrected chi connectivity index (χ1v) is 6.46. The van der Waals surface area contributed by atoms with E-state index >= 15 is 0 Å². The summed E-state index contributed by atoms with van der Waals surface area (Å²) in [5, 5.41) is 5.76. The van der Waals surface area contributed by atoms with Crippen molar-refractivity contribution in [1.29, 1.82) is 0 Å². The summed E-state index contributed by atoms with van der Waals surface area (Å²) in [7, 11) is -1.62. The van der Waals surface area contributed by atoms with Crippen molar-refractivity contribution >= 4 is 16.0 Å². The molecule has 19 heavy (non-hydrogen) atoms. The fourth-order valence-corrected chi connectivity index (χ4v) is 2.52. The second-order valence-corrected chi connectivity index (χ2v) is 5.34. The third kappa shape index (κ3) is 2.27. The van der Waals surface area contributed by atoms with Crippen molar-refractivity contribution in [3.05, 3.63) is 33.4 Å². The van der Waals surface area contributed by atoms with Crippen LogP contribution in [0.1, 0.15) is 0 Å². The van der Waals surface area contributed by atoms with E-state index in [1.54, 1.807) is 0 Å². The maximum Gasteiger partial charge on any atom is 0.330 e. The van der Waals surface area contributed by atoms with Gasteiger partial charge in [0.1, 0.15) is 6.33 Å². The molecule has 0 fully saturated rings.